The SMILES string of the molecule is COC(=O)CC#Cc1cc(F)c(C(=O)O)cc1F. The van der Waals surface area contributed by atoms with Gasteiger partial charge in [-0.25, -0.2) is 13.6 Å². The zero-order valence-corrected chi connectivity index (χ0v) is 9.29. The fraction of sp³-hybridized carbons (Fsp3) is 0.167. The second kappa shape index (κ2) is 5.77. The van der Waals surface area contributed by atoms with Crippen molar-refractivity contribution in [1.82, 2.24) is 0 Å². The van der Waals surface area contributed by atoms with Gasteiger partial charge in [0.15, 0.2) is 0 Å². The molecule has 0 atom stereocenters. The lowest BCUT2D eigenvalue weighted by atomic mass is 10.1. The third-order valence-electron chi connectivity index (χ3n) is 1.97. The summed E-state index contributed by atoms with van der Waals surface area (Å²) in [6.45, 7) is 0. The number of carbonyl (C=O) groups is 2. The van der Waals surface area contributed by atoms with Crippen LogP contribution in [-0.2, 0) is 9.53 Å². The first-order chi connectivity index (χ1) is 8.45. The van der Waals surface area contributed by atoms with Crippen LogP contribution in [0.1, 0.15) is 22.3 Å². The van der Waals surface area contributed by atoms with E-state index in [0.29, 0.717) is 12.1 Å². The Hall–Kier alpha value is -2.42. The van der Waals surface area contributed by atoms with Gasteiger partial charge in [0.25, 0.3) is 0 Å². The first-order valence-corrected chi connectivity index (χ1v) is 4.73. The Balaban J connectivity index is 3.02. The third-order valence-corrected chi connectivity index (χ3v) is 1.97. The quantitative estimate of drug-likeness (QED) is 0.642. The summed E-state index contributed by atoms with van der Waals surface area (Å²) in [6, 6.07) is 1.21. The van der Waals surface area contributed by atoms with E-state index in [9.17, 15) is 18.4 Å². The van der Waals surface area contributed by atoms with Gasteiger partial charge in [0, 0.05) is 0 Å². The van der Waals surface area contributed by atoms with E-state index in [4.69, 9.17) is 5.11 Å². The Labute approximate surface area is 101 Å². The number of benzene rings is 1. The summed E-state index contributed by atoms with van der Waals surface area (Å²) in [5.74, 6) is 0.284. The predicted octanol–water partition coefficient (Wildman–Crippen LogP) is 1.58. The Morgan fingerprint density at radius 1 is 1.33 bits per heavy atom. The molecule has 0 saturated heterocycles. The Morgan fingerprint density at radius 3 is 2.56 bits per heavy atom. The zero-order valence-electron chi connectivity index (χ0n) is 9.29. The molecule has 0 aliphatic heterocycles. The number of ether oxygens (including phenoxy) is 1. The third kappa shape index (κ3) is 3.28. The largest absolute Gasteiger partial charge is 0.478 e. The average molecular weight is 254 g/mol. The van der Waals surface area contributed by atoms with Crippen LogP contribution in [-0.4, -0.2) is 24.2 Å². The van der Waals surface area contributed by atoms with Crippen LogP contribution in [0.3, 0.4) is 0 Å². The van der Waals surface area contributed by atoms with Crippen LogP contribution in [0.5, 0.6) is 0 Å². The van der Waals surface area contributed by atoms with Crippen molar-refractivity contribution in [3.8, 4) is 11.8 Å². The second-order valence-electron chi connectivity index (χ2n) is 3.17. The number of hydrogen-bond donors (Lipinski definition) is 1. The van der Waals surface area contributed by atoms with E-state index < -0.39 is 29.1 Å². The lowest BCUT2D eigenvalue weighted by molar-refractivity contribution is -0.139. The number of rotatable bonds is 2. The first kappa shape index (κ1) is 13.6. The maximum atomic E-state index is 13.3. The van der Waals surface area contributed by atoms with E-state index in [0.717, 1.165) is 0 Å². The van der Waals surface area contributed by atoms with E-state index in [-0.39, 0.29) is 12.0 Å². The minimum absolute atomic E-state index is 0.266. The van der Waals surface area contributed by atoms with Gasteiger partial charge in [0.05, 0.1) is 18.2 Å². The number of carbonyl (C=O) groups excluding carboxylic acids is 1. The summed E-state index contributed by atoms with van der Waals surface area (Å²) >= 11 is 0. The minimum atomic E-state index is -1.57. The number of aromatic carboxylic acids is 1. The van der Waals surface area contributed by atoms with Crippen LogP contribution >= 0.6 is 0 Å². The van der Waals surface area contributed by atoms with E-state index in [2.05, 4.69) is 16.6 Å². The Morgan fingerprint density at radius 2 is 2.00 bits per heavy atom. The average Bonchev–Trinajstić information content (AvgIpc) is 2.32. The molecule has 0 spiro atoms. The molecule has 0 unspecified atom stereocenters. The lowest BCUT2D eigenvalue weighted by Crippen LogP contribution is -2.03. The van der Waals surface area contributed by atoms with Gasteiger partial charge in [-0.05, 0) is 12.1 Å². The van der Waals surface area contributed by atoms with Crippen LogP contribution < -0.4 is 0 Å². The molecule has 0 aliphatic rings. The maximum absolute atomic E-state index is 13.3. The molecule has 1 aromatic carbocycles. The standard InChI is InChI=1S/C12H8F2O4/c1-18-11(15)4-2-3-7-5-10(14)8(12(16)17)6-9(7)13/h5-6H,4H2,1H3,(H,16,17). The fourth-order valence-corrected chi connectivity index (χ4v) is 1.09. The normalized spacial score (nSPS) is 9.28. The van der Waals surface area contributed by atoms with Gasteiger partial charge in [0.2, 0.25) is 0 Å². The molecule has 1 N–H and O–H groups in total. The Bertz CT molecular complexity index is 555. The molecular weight excluding hydrogens is 246 g/mol. The highest BCUT2D eigenvalue weighted by Gasteiger charge is 2.14. The summed E-state index contributed by atoms with van der Waals surface area (Å²) in [7, 11) is 1.17. The number of hydrogen-bond acceptors (Lipinski definition) is 3. The van der Waals surface area contributed by atoms with Crippen molar-refractivity contribution in [1.29, 1.82) is 0 Å². The summed E-state index contributed by atoms with van der Waals surface area (Å²) in [6.07, 6.45) is -0.266. The topological polar surface area (TPSA) is 63.6 Å². The van der Waals surface area contributed by atoms with Gasteiger partial charge in [-0.1, -0.05) is 11.8 Å². The monoisotopic (exact) mass is 254 g/mol. The summed E-state index contributed by atoms with van der Waals surface area (Å²) in [5, 5.41) is 8.56. The number of methoxy groups -OCH3 is 1. The highest BCUT2D eigenvalue weighted by molar-refractivity contribution is 5.88. The molecule has 6 heteroatoms. The van der Waals surface area contributed by atoms with Gasteiger partial charge >= 0.3 is 11.9 Å². The van der Waals surface area contributed by atoms with E-state index in [1.54, 1.807) is 0 Å². The first-order valence-electron chi connectivity index (χ1n) is 4.73. The van der Waals surface area contributed by atoms with Crippen LogP contribution in [0.25, 0.3) is 0 Å². The molecule has 0 radical (unpaired) electrons. The molecule has 4 nitrogen and oxygen atoms in total. The summed E-state index contributed by atoms with van der Waals surface area (Å²) < 4.78 is 30.9. The predicted molar refractivity (Wildman–Crippen MR) is 56.8 cm³/mol. The summed E-state index contributed by atoms with van der Waals surface area (Å²) in [5.41, 5.74) is -1.09. The molecule has 0 saturated carbocycles. The van der Waals surface area contributed by atoms with Crippen LogP contribution in [0, 0.1) is 23.5 Å². The second-order valence-corrected chi connectivity index (χ2v) is 3.17. The van der Waals surface area contributed by atoms with E-state index >= 15 is 0 Å². The molecule has 0 fully saturated rings. The molecule has 1 rings (SSSR count). The molecule has 0 aliphatic carbocycles. The summed E-state index contributed by atoms with van der Waals surface area (Å²) in [4.78, 5) is 21.3. The molecule has 1 aromatic rings. The molecule has 18 heavy (non-hydrogen) atoms. The number of carboxylic acid groups (broad SMARTS) is 1. The fourth-order valence-electron chi connectivity index (χ4n) is 1.09. The number of carboxylic acids is 1. The number of esters is 1. The van der Waals surface area contributed by atoms with Gasteiger partial charge in [-0.15, -0.1) is 0 Å². The highest BCUT2D eigenvalue weighted by atomic mass is 19.1. The van der Waals surface area contributed by atoms with Crippen molar-refractivity contribution in [2.24, 2.45) is 0 Å². The van der Waals surface area contributed by atoms with Crippen molar-refractivity contribution < 1.29 is 28.2 Å². The van der Waals surface area contributed by atoms with Gasteiger partial charge in [-0.3, -0.25) is 4.79 Å². The van der Waals surface area contributed by atoms with Crippen LogP contribution in [0.2, 0.25) is 0 Å². The van der Waals surface area contributed by atoms with Crippen molar-refractivity contribution in [3.63, 3.8) is 0 Å². The van der Waals surface area contributed by atoms with Crippen LogP contribution in [0.15, 0.2) is 12.1 Å². The number of halogens is 2. The minimum Gasteiger partial charge on any atom is -0.478 e. The van der Waals surface area contributed by atoms with Crippen molar-refractivity contribution in [2.45, 2.75) is 6.42 Å². The highest BCUT2D eigenvalue weighted by Crippen LogP contribution is 2.14. The van der Waals surface area contributed by atoms with Gasteiger partial charge < -0.3 is 9.84 Å². The Kier molecular flexibility index (Phi) is 4.38. The van der Waals surface area contributed by atoms with E-state index in [1.807, 2.05) is 0 Å². The molecular formula is C12H8F2O4. The lowest BCUT2D eigenvalue weighted by Gasteiger charge is -1.99. The van der Waals surface area contributed by atoms with E-state index in [1.165, 1.54) is 7.11 Å². The maximum Gasteiger partial charge on any atom is 0.338 e. The van der Waals surface area contributed by atoms with Crippen molar-refractivity contribution >= 4 is 11.9 Å². The molecule has 0 aromatic heterocycles. The molecule has 0 bridgehead atoms. The van der Waals surface area contributed by atoms with Gasteiger partial charge in [0.1, 0.15) is 18.1 Å². The zero-order chi connectivity index (χ0) is 13.7. The smallest absolute Gasteiger partial charge is 0.338 e. The molecule has 0 amide bonds. The molecule has 0 heterocycles. The van der Waals surface area contributed by atoms with Crippen LogP contribution in [0.4, 0.5) is 8.78 Å². The van der Waals surface area contributed by atoms with Gasteiger partial charge in [-0.2, -0.15) is 0 Å². The van der Waals surface area contributed by atoms with Crippen molar-refractivity contribution in [3.05, 3.63) is 34.9 Å². The molecule has 94 valence electrons. The van der Waals surface area contributed by atoms with Crippen molar-refractivity contribution in [2.75, 3.05) is 7.11 Å².